The molecule has 0 aliphatic carbocycles. The van der Waals surface area contributed by atoms with Crippen LogP contribution in [0.1, 0.15) is 194 Å². The Hall–Kier alpha value is -0.0900. The largest absolute Gasteiger partial charge is 0.397 e. The van der Waals surface area contributed by atoms with Gasteiger partial charge in [-0.2, -0.15) is 8.42 Å². The molecule has 4 heteroatoms. The first-order chi connectivity index (χ1) is 17.6. The summed E-state index contributed by atoms with van der Waals surface area (Å²) in [7, 11) is -3.19. The molecule has 0 amide bonds. The van der Waals surface area contributed by atoms with Crippen LogP contribution in [0.25, 0.3) is 0 Å². The minimum atomic E-state index is -3.19. The van der Waals surface area contributed by atoms with E-state index in [9.17, 15) is 8.42 Å². The first kappa shape index (κ1) is 35.9. The highest BCUT2D eigenvalue weighted by atomic mass is 32.2. The van der Waals surface area contributed by atoms with Gasteiger partial charge in [-0.05, 0) is 12.8 Å². The summed E-state index contributed by atoms with van der Waals surface area (Å²) in [4.78, 5) is 0. The zero-order chi connectivity index (χ0) is 26.4. The summed E-state index contributed by atoms with van der Waals surface area (Å²) >= 11 is 0. The molecule has 0 atom stereocenters. The fourth-order valence-corrected chi connectivity index (χ4v) is 6.16. The number of rotatable bonds is 31. The van der Waals surface area contributed by atoms with Crippen molar-refractivity contribution >= 4 is 10.0 Å². The van der Waals surface area contributed by atoms with Crippen molar-refractivity contribution in [3.8, 4) is 0 Å². The summed E-state index contributed by atoms with van der Waals surface area (Å²) in [6, 6.07) is 0. The maximum absolute atomic E-state index is 12.1. The fraction of sp³-hybridized carbons (Fsp3) is 1.00. The number of sulfonamides is 1. The summed E-state index contributed by atoms with van der Waals surface area (Å²) in [5.74, 6) is 0.254. The molecule has 0 saturated heterocycles. The maximum Gasteiger partial charge on any atom is 0.397 e. The van der Waals surface area contributed by atoms with Crippen molar-refractivity contribution in [3.05, 3.63) is 0 Å². The van der Waals surface area contributed by atoms with Gasteiger partial charge in [-0.1, -0.05) is 174 Å². The summed E-state index contributed by atoms with van der Waals surface area (Å²) in [6.07, 6.45) is 36.6. The topological polar surface area (TPSA) is 48.2 Å². The molecule has 0 bridgehead atoms. The molecule has 0 aliphatic rings. The SMILES string of the molecule is CCCCCCCCCCCCCCCC[N+]S(=O)(=O)CCCCCCCCCCCCCCCC. The van der Waals surface area contributed by atoms with Crippen molar-refractivity contribution in [2.24, 2.45) is 0 Å². The second-order valence-corrected chi connectivity index (χ2v) is 13.2. The van der Waals surface area contributed by atoms with Gasteiger partial charge in [0.1, 0.15) is 5.75 Å². The molecule has 0 spiro atoms. The Kier molecular flexibility index (Phi) is 29.4. The van der Waals surface area contributed by atoms with Crippen LogP contribution < -0.4 is 4.72 Å². The lowest BCUT2D eigenvalue weighted by atomic mass is 10.0. The van der Waals surface area contributed by atoms with E-state index in [1.807, 2.05) is 0 Å². The molecule has 0 fully saturated rings. The standard InChI is InChI=1S/C32H66NO2S/c1-3-5-7-9-11-13-15-17-19-21-23-25-27-29-31-33-36(34,35)32-30-28-26-24-22-20-18-16-14-12-10-8-6-4-2/h3-32H2,1-2H3/q+1. The minimum absolute atomic E-state index is 0.254. The van der Waals surface area contributed by atoms with E-state index in [2.05, 4.69) is 18.6 Å². The molecule has 216 valence electrons. The van der Waals surface area contributed by atoms with E-state index >= 15 is 0 Å². The molecule has 3 nitrogen and oxygen atoms in total. The average Bonchev–Trinajstić information content (AvgIpc) is 2.86. The zero-order valence-electron chi connectivity index (χ0n) is 24.9. The Morgan fingerprint density at radius 1 is 0.361 bits per heavy atom. The van der Waals surface area contributed by atoms with Crippen LogP contribution in [0.4, 0.5) is 0 Å². The predicted molar refractivity (Wildman–Crippen MR) is 161 cm³/mol. The van der Waals surface area contributed by atoms with Crippen molar-refractivity contribution < 1.29 is 8.42 Å². The quantitative estimate of drug-likeness (QED) is 0.0840. The second kappa shape index (κ2) is 29.5. The highest BCUT2D eigenvalue weighted by molar-refractivity contribution is 7.89. The summed E-state index contributed by atoms with van der Waals surface area (Å²) in [5, 5.41) is 0. The highest BCUT2D eigenvalue weighted by Gasteiger charge is 2.24. The number of hydrogen-bond acceptors (Lipinski definition) is 2. The smallest absolute Gasteiger partial charge is 0.163 e. The molecule has 0 aromatic rings. The Balaban J connectivity index is 3.29. The molecule has 0 rings (SSSR count). The van der Waals surface area contributed by atoms with Gasteiger partial charge in [0.15, 0.2) is 4.72 Å². The Bertz CT molecular complexity index is 506. The van der Waals surface area contributed by atoms with Crippen molar-refractivity contribution in [2.75, 3.05) is 12.3 Å². The van der Waals surface area contributed by atoms with E-state index in [1.165, 1.54) is 154 Å². The van der Waals surface area contributed by atoms with E-state index < -0.39 is 10.0 Å². The lowest BCUT2D eigenvalue weighted by molar-refractivity contribution is 0.531. The zero-order valence-corrected chi connectivity index (χ0v) is 25.7. The second-order valence-electron chi connectivity index (χ2n) is 11.3. The van der Waals surface area contributed by atoms with E-state index in [0.29, 0.717) is 6.54 Å². The third-order valence-corrected chi connectivity index (χ3v) is 8.94. The van der Waals surface area contributed by atoms with Gasteiger partial charge >= 0.3 is 10.0 Å². The molecular formula is C32H66NO2S+. The van der Waals surface area contributed by atoms with Crippen LogP contribution in [0.5, 0.6) is 0 Å². The van der Waals surface area contributed by atoms with Crippen LogP contribution in [0.15, 0.2) is 0 Å². The lowest BCUT2D eigenvalue weighted by Gasteiger charge is -2.03. The van der Waals surface area contributed by atoms with Gasteiger partial charge in [0, 0.05) is 6.42 Å². The fourth-order valence-electron chi connectivity index (χ4n) is 5.05. The molecule has 0 aromatic heterocycles. The Morgan fingerprint density at radius 3 is 0.917 bits per heavy atom. The Morgan fingerprint density at radius 2 is 0.611 bits per heavy atom. The van der Waals surface area contributed by atoms with Gasteiger partial charge in [-0.3, -0.25) is 0 Å². The molecular weight excluding hydrogens is 462 g/mol. The van der Waals surface area contributed by atoms with Crippen LogP contribution in [0, 0.1) is 0 Å². The van der Waals surface area contributed by atoms with Crippen LogP contribution in [-0.4, -0.2) is 20.7 Å². The van der Waals surface area contributed by atoms with Gasteiger partial charge in [-0.15, -0.1) is 0 Å². The van der Waals surface area contributed by atoms with Crippen molar-refractivity contribution in [2.45, 2.75) is 194 Å². The van der Waals surface area contributed by atoms with Crippen molar-refractivity contribution in [3.63, 3.8) is 0 Å². The van der Waals surface area contributed by atoms with E-state index in [1.54, 1.807) is 0 Å². The van der Waals surface area contributed by atoms with Crippen molar-refractivity contribution in [1.82, 2.24) is 4.72 Å². The summed E-state index contributed by atoms with van der Waals surface area (Å²) in [5.41, 5.74) is 0. The molecule has 2 radical (unpaired) electrons. The molecule has 0 heterocycles. The Labute approximate surface area is 228 Å². The van der Waals surface area contributed by atoms with Gasteiger partial charge in [0.2, 0.25) is 6.54 Å². The number of unbranched alkanes of at least 4 members (excludes halogenated alkanes) is 26. The van der Waals surface area contributed by atoms with Crippen LogP contribution in [0.2, 0.25) is 0 Å². The molecule has 0 saturated carbocycles. The van der Waals surface area contributed by atoms with E-state index in [-0.39, 0.29) is 5.75 Å². The average molecular weight is 529 g/mol. The summed E-state index contributed by atoms with van der Waals surface area (Å²) < 4.78 is 28.3. The van der Waals surface area contributed by atoms with Gasteiger partial charge < -0.3 is 0 Å². The monoisotopic (exact) mass is 528 g/mol. The maximum atomic E-state index is 12.1. The number of hydrogen-bond donors (Lipinski definition) is 0. The van der Waals surface area contributed by atoms with Crippen LogP contribution >= 0.6 is 0 Å². The minimum Gasteiger partial charge on any atom is -0.163 e. The first-order valence-electron chi connectivity index (χ1n) is 16.5. The third kappa shape index (κ3) is 30.1. The van der Waals surface area contributed by atoms with Gasteiger partial charge in [-0.25, -0.2) is 0 Å². The first-order valence-corrected chi connectivity index (χ1v) is 18.1. The third-order valence-electron chi connectivity index (χ3n) is 7.56. The molecule has 0 aromatic carbocycles. The molecule has 0 N–H and O–H groups in total. The highest BCUT2D eigenvalue weighted by Crippen LogP contribution is 2.14. The van der Waals surface area contributed by atoms with E-state index in [4.69, 9.17) is 0 Å². The van der Waals surface area contributed by atoms with Crippen molar-refractivity contribution in [1.29, 1.82) is 0 Å². The van der Waals surface area contributed by atoms with Gasteiger partial charge in [0.25, 0.3) is 0 Å². The number of nitrogens with zero attached hydrogens (tertiary/aromatic N) is 1. The van der Waals surface area contributed by atoms with Gasteiger partial charge in [0.05, 0.1) is 0 Å². The van der Waals surface area contributed by atoms with E-state index in [0.717, 1.165) is 25.7 Å². The lowest BCUT2D eigenvalue weighted by Crippen LogP contribution is -2.20. The molecule has 36 heavy (non-hydrogen) atoms. The van der Waals surface area contributed by atoms with Crippen LogP contribution in [-0.2, 0) is 10.0 Å². The predicted octanol–water partition coefficient (Wildman–Crippen LogP) is 10.9. The van der Waals surface area contributed by atoms with Crippen LogP contribution in [0.3, 0.4) is 0 Å². The normalized spacial score (nSPS) is 11.9. The molecule has 0 unspecified atom stereocenters. The molecule has 0 aliphatic heterocycles. The summed E-state index contributed by atoms with van der Waals surface area (Å²) in [6.45, 7) is 5.05.